The van der Waals surface area contributed by atoms with E-state index in [1.54, 1.807) is 0 Å². The van der Waals surface area contributed by atoms with Crippen molar-refractivity contribution in [3.05, 3.63) is 44.1 Å². The van der Waals surface area contributed by atoms with Crippen LogP contribution in [0, 0.1) is 10.1 Å². The summed E-state index contributed by atoms with van der Waals surface area (Å²) in [7, 11) is 0. The molecule has 0 saturated carbocycles. The van der Waals surface area contributed by atoms with Gasteiger partial charge in [-0.2, -0.15) is 0 Å². The highest BCUT2D eigenvalue weighted by Gasteiger charge is 2.14. The normalized spacial score (nSPS) is 10.2. The third-order valence-corrected chi connectivity index (χ3v) is 3.16. The van der Waals surface area contributed by atoms with Crippen molar-refractivity contribution in [2.24, 2.45) is 0 Å². The van der Waals surface area contributed by atoms with Crippen molar-refractivity contribution >= 4 is 39.0 Å². The van der Waals surface area contributed by atoms with E-state index in [0.717, 1.165) is 0 Å². The predicted octanol–water partition coefficient (Wildman–Crippen LogP) is 3.18. The zero-order chi connectivity index (χ0) is 14.0. The van der Waals surface area contributed by atoms with Crippen molar-refractivity contribution in [1.29, 1.82) is 0 Å². The maximum atomic E-state index is 10.6. The summed E-state index contributed by atoms with van der Waals surface area (Å²) < 4.78 is 5.81. The standard InChI is InChI=1S/C10H6BrClN4O3/c11-8-9(13)14-4-15-10(8)19-5-1-2-7(16(17)18)6(12)3-5/h1-4H,(H2,13,14,15). The second-order valence-corrected chi connectivity index (χ2v) is 4.55. The summed E-state index contributed by atoms with van der Waals surface area (Å²) in [4.78, 5) is 17.7. The van der Waals surface area contributed by atoms with Gasteiger partial charge in [0.25, 0.3) is 5.69 Å². The molecule has 7 nitrogen and oxygen atoms in total. The van der Waals surface area contributed by atoms with Crippen LogP contribution >= 0.6 is 27.5 Å². The molecule has 0 fully saturated rings. The Balaban J connectivity index is 2.32. The Bertz CT molecular complexity index is 653. The summed E-state index contributed by atoms with van der Waals surface area (Å²) in [6.45, 7) is 0. The number of nitrogens with two attached hydrogens (primary N) is 1. The number of nitrogen functional groups attached to an aromatic ring is 1. The molecule has 0 unspecified atom stereocenters. The molecule has 19 heavy (non-hydrogen) atoms. The zero-order valence-corrected chi connectivity index (χ0v) is 11.6. The minimum atomic E-state index is -0.579. The molecule has 1 aromatic heterocycles. The Morgan fingerprint density at radius 3 is 2.79 bits per heavy atom. The quantitative estimate of drug-likeness (QED) is 0.676. The monoisotopic (exact) mass is 344 g/mol. The number of nitro groups is 1. The van der Waals surface area contributed by atoms with Gasteiger partial charge in [-0.05, 0) is 22.0 Å². The van der Waals surface area contributed by atoms with Crippen molar-refractivity contribution in [3.8, 4) is 11.6 Å². The average molecular weight is 346 g/mol. The highest BCUT2D eigenvalue weighted by Crippen LogP contribution is 2.33. The largest absolute Gasteiger partial charge is 0.438 e. The number of hydrogen-bond acceptors (Lipinski definition) is 6. The average Bonchev–Trinajstić information content (AvgIpc) is 2.34. The van der Waals surface area contributed by atoms with Gasteiger partial charge in [-0.25, -0.2) is 9.97 Å². The Hall–Kier alpha value is -1.93. The molecule has 0 amide bonds. The van der Waals surface area contributed by atoms with E-state index in [4.69, 9.17) is 22.1 Å². The molecule has 2 aromatic rings. The highest BCUT2D eigenvalue weighted by atomic mass is 79.9. The SMILES string of the molecule is Nc1ncnc(Oc2ccc([N+](=O)[O-])c(Cl)c2)c1Br. The minimum Gasteiger partial charge on any atom is -0.438 e. The fourth-order valence-electron chi connectivity index (χ4n) is 1.25. The second-order valence-electron chi connectivity index (χ2n) is 3.35. The van der Waals surface area contributed by atoms with Crippen LogP contribution in [0.15, 0.2) is 29.0 Å². The zero-order valence-electron chi connectivity index (χ0n) is 9.21. The van der Waals surface area contributed by atoms with Crippen LogP contribution in [-0.4, -0.2) is 14.9 Å². The number of rotatable bonds is 3. The number of halogens is 2. The van der Waals surface area contributed by atoms with Crippen LogP contribution in [0.25, 0.3) is 0 Å². The number of aromatic nitrogens is 2. The lowest BCUT2D eigenvalue weighted by atomic mass is 10.3. The number of nitro benzene ring substituents is 1. The lowest BCUT2D eigenvalue weighted by molar-refractivity contribution is -0.384. The molecule has 0 radical (unpaired) electrons. The maximum Gasteiger partial charge on any atom is 0.288 e. The van der Waals surface area contributed by atoms with E-state index in [2.05, 4.69) is 25.9 Å². The Kier molecular flexibility index (Phi) is 3.82. The summed E-state index contributed by atoms with van der Waals surface area (Å²) in [6, 6.07) is 3.98. The summed E-state index contributed by atoms with van der Waals surface area (Å²) in [6.07, 6.45) is 1.24. The summed E-state index contributed by atoms with van der Waals surface area (Å²) in [5.41, 5.74) is 5.38. The smallest absolute Gasteiger partial charge is 0.288 e. The molecule has 1 heterocycles. The van der Waals surface area contributed by atoms with Gasteiger partial charge < -0.3 is 10.5 Å². The van der Waals surface area contributed by atoms with E-state index in [9.17, 15) is 10.1 Å². The van der Waals surface area contributed by atoms with E-state index < -0.39 is 4.92 Å². The topological polar surface area (TPSA) is 104 Å². The third kappa shape index (κ3) is 2.91. The van der Waals surface area contributed by atoms with E-state index >= 15 is 0 Å². The van der Waals surface area contributed by atoms with Gasteiger partial charge in [-0.3, -0.25) is 10.1 Å². The molecule has 0 spiro atoms. The van der Waals surface area contributed by atoms with Gasteiger partial charge in [0.2, 0.25) is 5.88 Å². The van der Waals surface area contributed by atoms with Crippen LogP contribution in [0.3, 0.4) is 0 Å². The lowest BCUT2D eigenvalue weighted by Crippen LogP contribution is -1.97. The molecule has 0 aliphatic carbocycles. The number of anilines is 1. The molecular formula is C10H6BrClN4O3. The van der Waals surface area contributed by atoms with Crippen LogP contribution < -0.4 is 10.5 Å². The molecule has 2 N–H and O–H groups in total. The highest BCUT2D eigenvalue weighted by molar-refractivity contribution is 9.10. The lowest BCUT2D eigenvalue weighted by Gasteiger charge is -2.07. The first-order chi connectivity index (χ1) is 8.99. The number of hydrogen-bond donors (Lipinski definition) is 1. The van der Waals surface area contributed by atoms with Gasteiger partial charge in [-0.15, -0.1) is 0 Å². The van der Waals surface area contributed by atoms with Crippen LogP contribution in [-0.2, 0) is 0 Å². The molecule has 1 aromatic carbocycles. The molecule has 0 atom stereocenters. The first-order valence-corrected chi connectivity index (χ1v) is 6.04. The van der Waals surface area contributed by atoms with Gasteiger partial charge in [0.1, 0.15) is 27.4 Å². The molecule has 9 heteroatoms. The molecule has 0 aliphatic heterocycles. The number of benzene rings is 1. The second kappa shape index (κ2) is 5.37. The van der Waals surface area contributed by atoms with Gasteiger partial charge >= 0.3 is 0 Å². The first-order valence-electron chi connectivity index (χ1n) is 4.87. The number of nitrogens with zero attached hydrogens (tertiary/aromatic N) is 3. The van der Waals surface area contributed by atoms with Crippen LogP contribution in [0.1, 0.15) is 0 Å². The minimum absolute atomic E-state index is 0.0272. The fraction of sp³-hybridized carbons (Fsp3) is 0. The van der Waals surface area contributed by atoms with E-state index in [1.165, 1.54) is 24.5 Å². The maximum absolute atomic E-state index is 10.6. The molecule has 0 bridgehead atoms. The van der Waals surface area contributed by atoms with Gasteiger partial charge in [0, 0.05) is 12.1 Å². The Labute approximate surface area is 120 Å². The van der Waals surface area contributed by atoms with Gasteiger partial charge in [-0.1, -0.05) is 11.6 Å². The summed E-state index contributed by atoms with van der Waals surface area (Å²) in [5, 5.41) is 10.6. The van der Waals surface area contributed by atoms with Gasteiger partial charge in [0.15, 0.2) is 0 Å². The van der Waals surface area contributed by atoms with Crippen LogP contribution in [0.2, 0.25) is 5.02 Å². The van der Waals surface area contributed by atoms with Crippen molar-refractivity contribution in [1.82, 2.24) is 9.97 Å². The molecule has 98 valence electrons. The molecular weight excluding hydrogens is 339 g/mol. The number of ether oxygens (including phenoxy) is 1. The Morgan fingerprint density at radius 1 is 1.42 bits per heavy atom. The molecule has 0 aliphatic rings. The fourth-order valence-corrected chi connectivity index (χ4v) is 1.77. The Morgan fingerprint density at radius 2 is 2.16 bits per heavy atom. The van der Waals surface area contributed by atoms with Gasteiger partial charge in [0.05, 0.1) is 4.92 Å². The van der Waals surface area contributed by atoms with E-state index in [1.807, 2.05) is 0 Å². The van der Waals surface area contributed by atoms with Crippen LogP contribution in [0.5, 0.6) is 11.6 Å². The molecule has 2 rings (SSSR count). The van der Waals surface area contributed by atoms with Crippen molar-refractivity contribution in [2.45, 2.75) is 0 Å². The van der Waals surface area contributed by atoms with Crippen molar-refractivity contribution in [3.63, 3.8) is 0 Å². The third-order valence-electron chi connectivity index (χ3n) is 2.11. The van der Waals surface area contributed by atoms with E-state index in [0.29, 0.717) is 10.2 Å². The van der Waals surface area contributed by atoms with Crippen LogP contribution in [0.4, 0.5) is 11.5 Å². The first kappa shape index (κ1) is 13.5. The van der Waals surface area contributed by atoms with Crippen molar-refractivity contribution in [2.75, 3.05) is 5.73 Å². The summed E-state index contributed by atoms with van der Waals surface area (Å²) in [5.74, 6) is 0.713. The summed E-state index contributed by atoms with van der Waals surface area (Å²) >= 11 is 8.95. The van der Waals surface area contributed by atoms with Crippen molar-refractivity contribution < 1.29 is 9.66 Å². The molecule has 0 saturated heterocycles. The van der Waals surface area contributed by atoms with E-state index in [-0.39, 0.29) is 22.4 Å². The predicted molar refractivity (Wildman–Crippen MR) is 72.3 cm³/mol.